The number of Topliss-reactive ketones (excluding diaryl/α,β-unsaturated/α-hetero) is 1. The molecule has 0 heterocycles. The number of nitrogens with two attached hydrogens (primary N) is 3. The lowest BCUT2D eigenvalue weighted by molar-refractivity contribution is 0.101. The van der Waals surface area contributed by atoms with Gasteiger partial charge in [-0.1, -0.05) is 6.07 Å². The molecule has 6 nitrogen and oxygen atoms in total. The van der Waals surface area contributed by atoms with Gasteiger partial charge in [-0.15, -0.1) is 0 Å². The molecule has 6 heteroatoms. The third kappa shape index (κ3) is 3.60. The van der Waals surface area contributed by atoms with E-state index in [0.717, 1.165) is 5.56 Å². The third-order valence-electron chi connectivity index (χ3n) is 2.01. The second-order valence-electron chi connectivity index (χ2n) is 3.58. The standard InChI is InChI=1S/C11H15N5O/c1-6-3-4-8(7(2)17)9(5-6)15-11(14)16-10(12)13/h3-5H,1-2H3,(H6,12,13,14,15,16). The maximum Gasteiger partial charge on any atom is 0.223 e. The minimum atomic E-state index is -0.178. The molecule has 17 heavy (non-hydrogen) atoms. The quantitative estimate of drug-likeness (QED) is 0.389. The SMILES string of the molecule is CC(=O)c1ccc(C)cc1N=C(N)N=C(N)N. The van der Waals surface area contributed by atoms with E-state index in [0.29, 0.717) is 11.3 Å². The van der Waals surface area contributed by atoms with E-state index in [1.165, 1.54) is 6.92 Å². The third-order valence-corrected chi connectivity index (χ3v) is 2.01. The summed E-state index contributed by atoms with van der Waals surface area (Å²) in [6.07, 6.45) is 0. The van der Waals surface area contributed by atoms with Crippen molar-refractivity contribution in [1.29, 1.82) is 0 Å². The highest BCUT2D eigenvalue weighted by molar-refractivity contribution is 6.01. The lowest BCUT2D eigenvalue weighted by Crippen LogP contribution is -2.26. The van der Waals surface area contributed by atoms with Gasteiger partial charge in [0.25, 0.3) is 0 Å². The summed E-state index contributed by atoms with van der Waals surface area (Å²) in [5.41, 5.74) is 17.8. The summed E-state index contributed by atoms with van der Waals surface area (Å²) in [6, 6.07) is 5.26. The van der Waals surface area contributed by atoms with E-state index in [1.54, 1.807) is 12.1 Å². The Hall–Kier alpha value is -2.37. The molecule has 0 saturated heterocycles. The van der Waals surface area contributed by atoms with E-state index >= 15 is 0 Å². The van der Waals surface area contributed by atoms with Gasteiger partial charge in [-0.05, 0) is 31.5 Å². The summed E-state index contributed by atoms with van der Waals surface area (Å²) in [7, 11) is 0. The Morgan fingerprint density at radius 1 is 1.24 bits per heavy atom. The summed E-state index contributed by atoms with van der Waals surface area (Å²) < 4.78 is 0. The molecule has 0 saturated carbocycles. The van der Waals surface area contributed by atoms with Crippen LogP contribution in [-0.4, -0.2) is 17.7 Å². The molecule has 0 bridgehead atoms. The molecule has 0 spiro atoms. The summed E-state index contributed by atoms with van der Waals surface area (Å²) in [4.78, 5) is 19.0. The zero-order valence-corrected chi connectivity index (χ0v) is 9.77. The van der Waals surface area contributed by atoms with Crippen molar-refractivity contribution in [3.63, 3.8) is 0 Å². The highest BCUT2D eigenvalue weighted by Crippen LogP contribution is 2.21. The number of nitrogens with zero attached hydrogens (tertiary/aromatic N) is 2. The average Bonchev–Trinajstić information content (AvgIpc) is 2.15. The molecule has 0 aromatic heterocycles. The number of ketones is 1. The first-order valence-corrected chi connectivity index (χ1v) is 4.95. The molecule has 0 aliphatic heterocycles. The van der Waals surface area contributed by atoms with Crippen LogP contribution in [0.3, 0.4) is 0 Å². The Kier molecular flexibility index (Phi) is 3.82. The van der Waals surface area contributed by atoms with Crippen molar-refractivity contribution >= 4 is 23.4 Å². The van der Waals surface area contributed by atoms with Crippen molar-refractivity contribution in [2.24, 2.45) is 27.2 Å². The van der Waals surface area contributed by atoms with Crippen molar-refractivity contribution in [2.75, 3.05) is 0 Å². The number of aliphatic imine (C=N–C) groups is 2. The molecule has 1 aromatic carbocycles. The van der Waals surface area contributed by atoms with E-state index in [2.05, 4.69) is 9.98 Å². The summed E-state index contributed by atoms with van der Waals surface area (Å²) >= 11 is 0. The molecular weight excluding hydrogens is 218 g/mol. The van der Waals surface area contributed by atoms with Gasteiger partial charge in [0, 0.05) is 5.56 Å². The molecule has 0 fully saturated rings. The molecule has 0 aliphatic carbocycles. The smallest absolute Gasteiger partial charge is 0.223 e. The second-order valence-corrected chi connectivity index (χ2v) is 3.58. The number of guanidine groups is 2. The van der Waals surface area contributed by atoms with E-state index in [9.17, 15) is 4.79 Å². The first-order chi connectivity index (χ1) is 7.90. The van der Waals surface area contributed by atoms with Crippen LogP contribution in [0.15, 0.2) is 28.2 Å². The fourth-order valence-corrected chi connectivity index (χ4v) is 1.31. The molecule has 0 amide bonds. The average molecular weight is 233 g/mol. The minimum absolute atomic E-state index is 0.0851. The first kappa shape index (κ1) is 12.7. The van der Waals surface area contributed by atoms with Crippen molar-refractivity contribution in [3.05, 3.63) is 29.3 Å². The Balaban J connectivity index is 3.25. The normalized spacial score (nSPS) is 11.1. The zero-order valence-electron chi connectivity index (χ0n) is 9.77. The van der Waals surface area contributed by atoms with Gasteiger partial charge in [0.05, 0.1) is 5.69 Å². The maximum atomic E-state index is 11.4. The molecule has 0 unspecified atom stereocenters. The molecule has 6 N–H and O–H groups in total. The number of benzene rings is 1. The number of carbonyl (C=O) groups is 1. The molecule has 90 valence electrons. The van der Waals surface area contributed by atoms with Gasteiger partial charge < -0.3 is 17.2 Å². The fraction of sp³-hybridized carbons (Fsp3) is 0.182. The van der Waals surface area contributed by atoms with E-state index < -0.39 is 0 Å². The minimum Gasteiger partial charge on any atom is -0.370 e. The van der Waals surface area contributed by atoms with Crippen LogP contribution >= 0.6 is 0 Å². The highest BCUT2D eigenvalue weighted by atomic mass is 16.1. The number of rotatable bonds is 2. The van der Waals surface area contributed by atoms with E-state index in [-0.39, 0.29) is 17.7 Å². The van der Waals surface area contributed by atoms with Gasteiger partial charge in [-0.2, -0.15) is 4.99 Å². The van der Waals surface area contributed by atoms with Crippen molar-refractivity contribution in [1.82, 2.24) is 0 Å². The second kappa shape index (κ2) is 5.11. The Morgan fingerprint density at radius 2 is 1.88 bits per heavy atom. The van der Waals surface area contributed by atoms with Crippen molar-refractivity contribution in [3.8, 4) is 0 Å². The van der Waals surface area contributed by atoms with Gasteiger partial charge in [0.2, 0.25) is 5.96 Å². The van der Waals surface area contributed by atoms with Crippen LogP contribution in [0, 0.1) is 6.92 Å². The van der Waals surface area contributed by atoms with Gasteiger partial charge in [-0.3, -0.25) is 4.79 Å². The van der Waals surface area contributed by atoms with Crippen LogP contribution in [0.25, 0.3) is 0 Å². The first-order valence-electron chi connectivity index (χ1n) is 4.95. The van der Waals surface area contributed by atoms with E-state index in [4.69, 9.17) is 17.2 Å². The monoisotopic (exact) mass is 233 g/mol. The van der Waals surface area contributed by atoms with Crippen LogP contribution in [0.5, 0.6) is 0 Å². The van der Waals surface area contributed by atoms with Gasteiger partial charge in [0.1, 0.15) is 0 Å². The maximum absolute atomic E-state index is 11.4. The van der Waals surface area contributed by atoms with Crippen LogP contribution in [0.1, 0.15) is 22.8 Å². The fourth-order valence-electron chi connectivity index (χ4n) is 1.31. The number of hydrogen-bond donors (Lipinski definition) is 3. The number of hydrogen-bond acceptors (Lipinski definition) is 2. The molecule has 0 aliphatic rings. The predicted molar refractivity (Wildman–Crippen MR) is 68.3 cm³/mol. The van der Waals surface area contributed by atoms with Crippen molar-refractivity contribution in [2.45, 2.75) is 13.8 Å². The largest absolute Gasteiger partial charge is 0.370 e. The number of carbonyl (C=O) groups excluding carboxylic acids is 1. The predicted octanol–water partition coefficient (Wildman–Crippen LogP) is 0.417. The Bertz CT molecular complexity index is 501. The summed E-state index contributed by atoms with van der Waals surface area (Å²) in [5.74, 6) is -0.359. The highest BCUT2D eigenvalue weighted by Gasteiger charge is 2.07. The lowest BCUT2D eigenvalue weighted by Gasteiger charge is -2.03. The van der Waals surface area contributed by atoms with Gasteiger partial charge in [-0.25, -0.2) is 4.99 Å². The van der Waals surface area contributed by atoms with Gasteiger partial charge >= 0.3 is 0 Å². The van der Waals surface area contributed by atoms with Crippen molar-refractivity contribution < 1.29 is 4.79 Å². The van der Waals surface area contributed by atoms with E-state index in [1.807, 2.05) is 13.0 Å². The zero-order chi connectivity index (χ0) is 13.0. The molecule has 0 atom stereocenters. The lowest BCUT2D eigenvalue weighted by atomic mass is 10.1. The van der Waals surface area contributed by atoms with Crippen LogP contribution in [-0.2, 0) is 0 Å². The number of aryl methyl sites for hydroxylation is 1. The Labute approximate surface area is 99.2 Å². The topological polar surface area (TPSA) is 120 Å². The molecule has 1 aromatic rings. The Morgan fingerprint density at radius 3 is 2.41 bits per heavy atom. The summed E-state index contributed by atoms with van der Waals surface area (Å²) in [5, 5.41) is 0. The molecule has 0 radical (unpaired) electrons. The molecule has 1 rings (SSSR count). The van der Waals surface area contributed by atoms with Crippen LogP contribution < -0.4 is 17.2 Å². The van der Waals surface area contributed by atoms with Crippen LogP contribution in [0.4, 0.5) is 5.69 Å². The van der Waals surface area contributed by atoms with Crippen LogP contribution in [0.2, 0.25) is 0 Å². The summed E-state index contributed by atoms with van der Waals surface area (Å²) in [6.45, 7) is 3.35. The molecular formula is C11H15N5O. The van der Waals surface area contributed by atoms with Gasteiger partial charge in [0.15, 0.2) is 11.7 Å².